The predicted octanol–water partition coefficient (Wildman–Crippen LogP) is 1.80. The van der Waals surface area contributed by atoms with E-state index in [1.807, 2.05) is 6.92 Å². The van der Waals surface area contributed by atoms with Crippen molar-refractivity contribution in [1.82, 2.24) is 4.72 Å². The van der Waals surface area contributed by atoms with Crippen LogP contribution in [-0.4, -0.2) is 28.1 Å². The van der Waals surface area contributed by atoms with E-state index in [2.05, 4.69) is 11.6 Å². The molecule has 1 unspecified atom stereocenters. The van der Waals surface area contributed by atoms with Gasteiger partial charge in [0, 0.05) is 12.6 Å². The summed E-state index contributed by atoms with van der Waals surface area (Å²) in [4.78, 5) is 0.241. The highest BCUT2D eigenvalue weighted by molar-refractivity contribution is 7.89. The summed E-state index contributed by atoms with van der Waals surface area (Å²) in [7, 11) is -1.98. The van der Waals surface area contributed by atoms with E-state index < -0.39 is 10.0 Å². The van der Waals surface area contributed by atoms with Gasteiger partial charge in [0.25, 0.3) is 0 Å². The maximum Gasteiger partial charge on any atom is 0.240 e. The molecule has 114 valence electrons. The summed E-state index contributed by atoms with van der Waals surface area (Å²) < 4.78 is 32.4. The van der Waals surface area contributed by atoms with Gasteiger partial charge in [-0.15, -0.1) is 0 Å². The fourth-order valence-corrected chi connectivity index (χ4v) is 3.35. The van der Waals surface area contributed by atoms with Gasteiger partial charge in [0.05, 0.1) is 12.0 Å². The van der Waals surface area contributed by atoms with Crippen LogP contribution in [0.1, 0.15) is 31.7 Å². The predicted molar refractivity (Wildman–Crippen MR) is 80.4 cm³/mol. The zero-order chi connectivity index (χ0) is 15.2. The molecule has 0 saturated carbocycles. The first-order chi connectivity index (χ1) is 9.44. The highest BCUT2D eigenvalue weighted by Crippen LogP contribution is 2.21. The van der Waals surface area contributed by atoms with Gasteiger partial charge in [-0.25, -0.2) is 13.1 Å². The van der Waals surface area contributed by atoms with Crippen LogP contribution in [0.3, 0.4) is 0 Å². The van der Waals surface area contributed by atoms with Crippen molar-refractivity contribution in [1.29, 1.82) is 0 Å². The van der Waals surface area contributed by atoms with Crippen LogP contribution in [0.2, 0.25) is 0 Å². The monoisotopic (exact) mass is 300 g/mol. The number of rotatable bonds is 8. The minimum atomic E-state index is -3.54. The van der Waals surface area contributed by atoms with Gasteiger partial charge in [0.1, 0.15) is 5.75 Å². The second-order valence-electron chi connectivity index (χ2n) is 4.83. The van der Waals surface area contributed by atoms with Gasteiger partial charge in [-0.05, 0) is 37.1 Å². The van der Waals surface area contributed by atoms with Crippen molar-refractivity contribution in [2.75, 3.05) is 13.7 Å². The number of nitrogens with two attached hydrogens (primary N) is 1. The van der Waals surface area contributed by atoms with Gasteiger partial charge in [0.2, 0.25) is 10.0 Å². The molecule has 0 radical (unpaired) electrons. The number of benzene rings is 1. The Balaban J connectivity index is 2.90. The number of nitrogens with one attached hydrogen (secondary N) is 1. The zero-order valence-corrected chi connectivity index (χ0v) is 13.2. The zero-order valence-electron chi connectivity index (χ0n) is 12.3. The van der Waals surface area contributed by atoms with Gasteiger partial charge in [-0.2, -0.15) is 0 Å². The van der Waals surface area contributed by atoms with Crippen LogP contribution in [0.25, 0.3) is 0 Å². The van der Waals surface area contributed by atoms with Gasteiger partial charge in [-0.1, -0.05) is 19.8 Å². The summed E-state index contributed by atoms with van der Waals surface area (Å²) in [5.74, 6) is 0.672. The Bertz CT molecular complexity index is 529. The number of aryl methyl sites for hydroxylation is 1. The van der Waals surface area contributed by atoms with Crippen LogP contribution < -0.4 is 15.2 Å². The van der Waals surface area contributed by atoms with Crippen LogP contribution >= 0.6 is 0 Å². The van der Waals surface area contributed by atoms with Crippen molar-refractivity contribution in [2.45, 2.75) is 44.0 Å². The average Bonchev–Trinajstić information content (AvgIpc) is 2.43. The summed E-state index contributed by atoms with van der Waals surface area (Å²) in [6.45, 7) is 4.18. The van der Waals surface area contributed by atoms with Crippen molar-refractivity contribution in [3.63, 3.8) is 0 Å². The first-order valence-corrected chi connectivity index (χ1v) is 8.30. The first kappa shape index (κ1) is 16.9. The van der Waals surface area contributed by atoms with E-state index in [0.717, 1.165) is 24.8 Å². The number of hydrogen-bond donors (Lipinski definition) is 2. The Morgan fingerprint density at radius 1 is 1.40 bits per heavy atom. The second kappa shape index (κ2) is 7.61. The molecule has 1 aromatic carbocycles. The van der Waals surface area contributed by atoms with Gasteiger partial charge in [-0.3, -0.25) is 0 Å². The fourth-order valence-electron chi connectivity index (χ4n) is 1.98. The molecule has 0 amide bonds. The normalized spacial score (nSPS) is 13.2. The van der Waals surface area contributed by atoms with Gasteiger partial charge < -0.3 is 10.5 Å². The molecule has 0 aliphatic carbocycles. The standard InChI is InChI=1S/C14H24N2O3S/c1-4-5-6-12(10-15)16-20(17,18)13-7-8-14(19-3)11(2)9-13/h7-9,12,16H,4-6,10,15H2,1-3H3. The number of hydrogen-bond acceptors (Lipinski definition) is 4. The van der Waals surface area contributed by atoms with Crippen molar-refractivity contribution >= 4 is 10.0 Å². The Morgan fingerprint density at radius 2 is 2.10 bits per heavy atom. The lowest BCUT2D eigenvalue weighted by atomic mass is 10.1. The SMILES string of the molecule is CCCCC(CN)NS(=O)(=O)c1ccc(OC)c(C)c1. The molecular weight excluding hydrogens is 276 g/mol. The van der Waals surface area contributed by atoms with E-state index in [1.54, 1.807) is 25.3 Å². The Kier molecular flexibility index (Phi) is 6.45. The van der Waals surface area contributed by atoms with Crippen LogP contribution in [0.15, 0.2) is 23.1 Å². The minimum Gasteiger partial charge on any atom is -0.496 e. The molecular formula is C14H24N2O3S. The Labute approximate surface area is 121 Å². The largest absolute Gasteiger partial charge is 0.496 e. The van der Waals surface area contributed by atoms with Gasteiger partial charge in [0.15, 0.2) is 0 Å². The van der Waals surface area contributed by atoms with Gasteiger partial charge >= 0.3 is 0 Å². The number of unbranched alkanes of at least 4 members (excludes halogenated alkanes) is 1. The third kappa shape index (κ3) is 4.47. The lowest BCUT2D eigenvalue weighted by Crippen LogP contribution is -2.40. The molecule has 0 saturated heterocycles. The van der Waals surface area contributed by atoms with Crippen LogP contribution in [0.4, 0.5) is 0 Å². The van der Waals surface area contributed by atoms with E-state index >= 15 is 0 Å². The molecule has 0 fully saturated rings. The molecule has 0 aliphatic rings. The van der Waals surface area contributed by atoms with Crippen molar-refractivity contribution in [3.8, 4) is 5.75 Å². The molecule has 5 nitrogen and oxygen atoms in total. The third-order valence-electron chi connectivity index (χ3n) is 3.19. The van der Waals surface area contributed by atoms with E-state index in [1.165, 1.54) is 0 Å². The molecule has 1 aromatic rings. The Morgan fingerprint density at radius 3 is 2.60 bits per heavy atom. The summed E-state index contributed by atoms with van der Waals surface area (Å²) in [6.07, 6.45) is 2.72. The summed E-state index contributed by atoms with van der Waals surface area (Å²) in [6, 6.07) is 4.59. The minimum absolute atomic E-state index is 0.220. The lowest BCUT2D eigenvalue weighted by Gasteiger charge is -2.17. The highest BCUT2D eigenvalue weighted by Gasteiger charge is 2.19. The maximum atomic E-state index is 12.3. The first-order valence-electron chi connectivity index (χ1n) is 6.81. The average molecular weight is 300 g/mol. The van der Waals surface area contributed by atoms with E-state index in [9.17, 15) is 8.42 Å². The maximum absolute atomic E-state index is 12.3. The molecule has 0 heterocycles. The quantitative estimate of drug-likeness (QED) is 0.767. The number of methoxy groups -OCH3 is 1. The molecule has 0 bridgehead atoms. The lowest BCUT2D eigenvalue weighted by molar-refractivity contribution is 0.411. The molecule has 1 rings (SSSR count). The summed E-state index contributed by atoms with van der Waals surface area (Å²) in [5, 5.41) is 0. The number of ether oxygens (including phenoxy) is 1. The molecule has 20 heavy (non-hydrogen) atoms. The van der Waals surface area contributed by atoms with E-state index in [-0.39, 0.29) is 10.9 Å². The smallest absolute Gasteiger partial charge is 0.240 e. The topological polar surface area (TPSA) is 81.4 Å². The molecule has 0 aliphatic heterocycles. The molecule has 0 spiro atoms. The Hall–Kier alpha value is -1.11. The van der Waals surface area contributed by atoms with E-state index in [4.69, 9.17) is 10.5 Å². The van der Waals surface area contributed by atoms with Crippen molar-refractivity contribution < 1.29 is 13.2 Å². The molecule has 1 atom stereocenters. The van der Waals surface area contributed by atoms with Crippen molar-refractivity contribution in [2.24, 2.45) is 5.73 Å². The summed E-state index contributed by atoms with van der Waals surface area (Å²) in [5.41, 5.74) is 6.41. The molecule has 3 N–H and O–H groups in total. The molecule has 6 heteroatoms. The van der Waals surface area contributed by atoms with Crippen molar-refractivity contribution in [3.05, 3.63) is 23.8 Å². The van der Waals surface area contributed by atoms with Crippen LogP contribution in [0, 0.1) is 6.92 Å². The van der Waals surface area contributed by atoms with E-state index in [0.29, 0.717) is 12.3 Å². The second-order valence-corrected chi connectivity index (χ2v) is 6.54. The molecule has 0 aromatic heterocycles. The third-order valence-corrected chi connectivity index (χ3v) is 4.71. The highest BCUT2D eigenvalue weighted by atomic mass is 32.2. The number of sulfonamides is 1. The summed E-state index contributed by atoms with van der Waals surface area (Å²) >= 11 is 0. The van der Waals surface area contributed by atoms with Crippen LogP contribution in [-0.2, 0) is 10.0 Å². The fraction of sp³-hybridized carbons (Fsp3) is 0.571. The van der Waals surface area contributed by atoms with Crippen LogP contribution in [0.5, 0.6) is 5.75 Å².